The van der Waals surface area contributed by atoms with Gasteiger partial charge in [-0.1, -0.05) is 0 Å². The third kappa shape index (κ3) is 1.46. The molecule has 2 aromatic rings. The van der Waals surface area contributed by atoms with Gasteiger partial charge in [0.05, 0.1) is 23.4 Å². The van der Waals surface area contributed by atoms with Crippen LogP contribution in [0.2, 0.25) is 0 Å². The van der Waals surface area contributed by atoms with E-state index >= 15 is 0 Å². The van der Waals surface area contributed by atoms with Crippen LogP contribution < -0.4 is 5.73 Å². The number of rotatable bonds is 1. The number of hydrogen-bond donors (Lipinski definition) is 1. The molecule has 2 aromatic heterocycles. The summed E-state index contributed by atoms with van der Waals surface area (Å²) < 4.78 is 1.94. The molecule has 0 bridgehead atoms. The summed E-state index contributed by atoms with van der Waals surface area (Å²) in [6.07, 6.45) is 3.73. The highest BCUT2D eigenvalue weighted by atomic mass is 15.0. The highest BCUT2D eigenvalue weighted by Gasteiger charge is 2.02. The predicted molar refractivity (Wildman–Crippen MR) is 55.2 cm³/mol. The molecule has 2 rings (SSSR count). The number of nitrogen functional groups attached to an aromatic ring is 1. The van der Waals surface area contributed by atoms with Crippen LogP contribution in [0.1, 0.15) is 11.4 Å². The second-order valence-corrected chi connectivity index (χ2v) is 3.26. The van der Waals surface area contributed by atoms with E-state index in [0.29, 0.717) is 5.82 Å². The SMILES string of the molecule is Cc1cn(-c2ccc(N)nc2C)cn1. The van der Waals surface area contributed by atoms with Gasteiger partial charge in [-0.25, -0.2) is 9.97 Å². The highest BCUT2D eigenvalue weighted by Crippen LogP contribution is 2.13. The Kier molecular flexibility index (Phi) is 1.96. The zero-order valence-corrected chi connectivity index (χ0v) is 8.23. The van der Waals surface area contributed by atoms with Crippen LogP contribution in [0.15, 0.2) is 24.7 Å². The molecule has 0 aromatic carbocycles. The number of hydrogen-bond acceptors (Lipinski definition) is 3. The maximum atomic E-state index is 5.57. The van der Waals surface area contributed by atoms with E-state index in [1.807, 2.05) is 30.7 Å². The van der Waals surface area contributed by atoms with Crippen LogP contribution in [0, 0.1) is 13.8 Å². The molecular weight excluding hydrogens is 176 g/mol. The van der Waals surface area contributed by atoms with Gasteiger partial charge in [0.1, 0.15) is 5.82 Å². The maximum absolute atomic E-state index is 5.57. The Morgan fingerprint density at radius 3 is 2.64 bits per heavy atom. The average molecular weight is 188 g/mol. The summed E-state index contributed by atoms with van der Waals surface area (Å²) in [6, 6.07) is 3.73. The molecule has 0 atom stereocenters. The number of nitrogens with zero attached hydrogens (tertiary/aromatic N) is 3. The molecule has 0 unspecified atom stereocenters. The molecule has 4 nitrogen and oxygen atoms in total. The zero-order valence-electron chi connectivity index (χ0n) is 8.23. The van der Waals surface area contributed by atoms with Gasteiger partial charge in [-0.15, -0.1) is 0 Å². The summed E-state index contributed by atoms with van der Waals surface area (Å²) in [7, 11) is 0. The van der Waals surface area contributed by atoms with Crippen molar-refractivity contribution < 1.29 is 0 Å². The van der Waals surface area contributed by atoms with Crippen molar-refractivity contribution in [3.63, 3.8) is 0 Å². The first-order valence-corrected chi connectivity index (χ1v) is 4.41. The van der Waals surface area contributed by atoms with Crippen molar-refractivity contribution in [1.29, 1.82) is 0 Å². The number of nitrogens with two attached hydrogens (primary N) is 1. The van der Waals surface area contributed by atoms with E-state index in [2.05, 4.69) is 9.97 Å². The van der Waals surface area contributed by atoms with Crippen LogP contribution in [-0.4, -0.2) is 14.5 Å². The van der Waals surface area contributed by atoms with E-state index in [4.69, 9.17) is 5.73 Å². The Hall–Kier alpha value is -1.84. The van der Waals surface area contributed by atoms with Crippen LogP contribution in [0.4, 0.5) is 5.82 Å². The number of aryl methyl sites for hydroxylation is 2. The van der Waals surface area contributed by atoms with Gasteiger partial charge in [0.15, 0.2) is 0 Å². The molecule has 0 amide bonds. The molecule has 2 N–H and O–H groups in total. The summed E-state index contributed by atoms with van der Waals surface area (Å²) in [4.78, 5) is 8.35. The predicted octanol–water partition coefficient (Wildman–Crippen LogP) is 1.47. The smallest absolute Gasteiger partial charge is 0.123 e. The van der Waals surface area contributed by atoms with Crippen LogP contribution in [0.25, 0.3) is 5.69 Å². The molecule has 0 fully saturated rings. The normalized spacial score (nSPS) is 10.4. The number of pyridine rings is 1. The van der Waals surface area contributed by atoms with Crippen molar-refractivity contribution in [2.45, 2.75) is 13.8 Å². The monoisotopic (exact) mass is 188 g/mol. The molecular formula is C10H12N4. The molecule has 4 heteroatoms. The van der Waals surface area contributed by atoms with Crippen molar-refractivity contribution in [1.82, 2.24) is 14.5 Å². The second-order valence-electron chi connectivity index (χ2n) is 3.26. The summed E-state index contributed by atoms with van der Waals surface area (Å²) >= 11 is 0. The topological polar surface area (TPSA) is 56.7 Å². The van der Waals surface area contributed by atoms with Crippen molar-refractivity contribution in [2.24, 2.45) is 0 Å². The average Bonchev–Trinajstić information content (AvgIpc) is 2.51. The second kappa shape index (κ2) is 3.14. The van der Waals surface area contributed by atoms with Gasteiger partial charge in [-0.3, -0.25) is 0 Å². The Morgan fingerprint density at radius 1 is 1.29 bits per heavy atom. The van der Waals surface area contributed by atoms with Crippen LogP contribution in [0.5, 0.6) is 0 Å². The summed E-state index contributed by atoms with van der Waals surface area (Å²) in [5.74, 6) is 0.545. The van der Waals surface area contributed by atoms with E-state index < -0.39 is 0 Å². The van der Waals surface area contributed by atoms with E-state index in [1.54, 1.807) is 12.4 Å². The molecule has 0 aliphatic heterocycles. The van der Waals surface area contributed by atoms with Crippen molar-refractivity contribution in [2.75, 3.05) is 5.73 Å². The Balaban J connectivity index is 2.52. The molecule has 0 saturated heterocycles. The third-order valence-corrected chi connectivity index (χ3v) is 2.07. The summed E-state index contributed by atoms with van der Waals surface area (Å²) in [6.45, 7) is 3.89. The molecule has 14 heavy (non-hydrogen) atoms. The van der Waals surface area contributed by atoms with Gasteiger partial charge in [-0.2, -0.15) is 0 Å². The number of aromatic nitrogens is 3. The number of anilines is 1. The Morgan fingerprint density at radius 2 is 2.07 bits per heavy atom. The first kappa shape index (κ1) is 8.74. The van der Waals surface area contributed by atoms with E-state index in [-0.39, 0.29) is 0 Å². The van der Waals surface area contributed by atoms with Gasteiger partial charge >= 0.3 is 0 Å². The van der Waals surface area contributed by atoms with Crippen molar-refractivity contribution in [3.05, 3.63) is 36.0 Å². The van der Waals surface area contributed by atoms with Crippen LogP contribution in [-0.2, 0) is 0 Å². The van der Waals surface area contributed by atoms with Crippen LogP contribution in [0.3, 0.4) is 0 Å². The molecule has 0 aliphatic carbocycles. The summed E-state index contributed by atoms with van der Waals surface area (Å²) in [5.41, 5.74) is 8.48. The largest absolute Gasteiger partial charge is 0.384 e. The molecule has 0 aliphatic rings. The first-order chi connectivity index (χ1) is 6.66. The van der Waals surface area contributed by atoms with Gasteiger partial charge < -0.3 is 10.3 Å². The lowest BCUT2D eigenvalue weighted by Crippen LogP contribution is -1.99. The summed E-state index contributed by atoms with van der Waals surface area (Å²) in [5, 5.41) is 0. The van der Waals surface area contributed by atoms with E-state index in [0.717, 1.165) is 17.1 Å². The third-order valence-electron chi connectivity index (χ3n) is 2.07. The lowest BCUT2D eigenvalue weighted by Gasteiger charge is -2.05. The van der Waals surface area contributed by atoms with E-state index in [9.17, 15) is 0 Å². The quantitative estimate of drug-likeness (QED) is 0.737. The van der Waals surface area contributed by atoms with Crippen molar-refractivity contribution >= 4 is 5.82 Å². The minimum atomic E-state index is 0.545. The van der Waals surface area contributed by atoms with Gasteiger partial charge in [0.25, 0.3) is 0 Å². The Labute approximate surface area is 82.4 Å². The molecule has 2 heterocycles. The number of imidazole rings is 1. The zero-order chi connectivity index (χ0) is 10.1. The van der Waals surface area contributed by atoms with Gasteiger partial charge in [-0.05, 0) is 26.0 Å². The standard InChI is InChI=1S/C10H12N4/c1-7-5-14(6-12-7)9-3-4-10(11)13-8(9)2/h3-6H,1-2H3,(H2,11,13). The van der Waals surface area contributed by atoms with Crippen LogP contribution >= 0.6 is 0 Å². The maximum Gasteiger partial charge on any atom is 0.123 e. The minimum absolute atomic E-state index is 0.545. The van der Waals surface area contributed by atoms with Crippen molar-refractivity contribution in [3.8, 4) is 5.69 Å². The molecule has 72 valence electrons. The lowest BCUT2D eigenvalue weighted by molar-refractivity contribution is 1.01. The fourth-order valence-electron chi connectivity index (χ4n) is 1.40. The molecule has 0 radical (unpaired) electrons. The molecule has 0 spiro atoms. The van der Waals surface area contributed by atoms with E-state index in [1.165, 1.54) is 0 Å². The molecule has 0 saturated carbocycles. The van der Waals surface area contributed by atoms with Gasteiger partial charge in [0.2, 0.25) is 0 Å². The minimum Gasteiger partial charge on any atom is -0.384 e. The first-order valence-electron chi connectivity index (χ1n) is 4.41. The lowest BCUT2D eigenvalue weighted by atomic mass is 10.3. The Bertz CT molecular complexity index is 459. The fraction of sp³-hybridized carbons (Fsp3) is 0.200. The fourth-order valence-corrected chi connectivity index (χ4v) is 1.40. The highest BCUT2D eigenvalue weighted by molar-refractivity contribution is 5.42. The van der Waals surface area contributed by atoms with Gasteiger partial charge in [0, 0.05) is 6.20 Å².